The van der Waals surface area contributed by atoms with Crippen molar-refractivity contribution in [1.82, 2.24) is 5.32 Å². The maximum Gasteiger partial charge on any atom is 0.120 e. The first-order valence-corrected chi connectivity index (χ1v) is 5.32. The second-order valence-corrected chi connectivity index (χ2v) is 3.64. The molecule has 0 aromatic heterocycles. The summed E-state index contributed by atoms with van der Waals surface area (Å²) in [6.07, 6.45) is 0. The molecule has 1 aromatic rings. The Morgan fingerprint density at radius 1 is 1.53 bits per heavy atom. The summed E-state index contributed by atoms with van der Waals surface area (Å²) in [6, 6.07) is 8.02. The summed E-state index contributed by atoms with van der Waals surface area (Å²) in [7, 11) is 1.92. The highest BCUT2D eigenvalue weighted by Gasteiger charge is 1.96. The van der Waals surface area contributed by atoms with Crippen LogP contribution in [0.2, 0.25) is 0 Å². The summed E-state index contributed by atoms with van der Waals surface area (Å²) in [5.41, 5.74) is 3.76. The van der Waals surface area contributed by atoms with Crippen molar-refractivity contribution >= 4 is 11.6 Å². The van der Waals surface area contributed by atoms with Gasteiger partial charge in [-0.3, -0.25) is 0 Å². The number of nitrogens with one attached hydrogen (secondary N) is 1. The van der Waals surface area contributed by atoms with Crippen molar-refractivity contribution in [2.75, 3.05) is 13.7 Å². The molecule has 82 valence electrons. The summed E-state index contributed by atoms with van der Waals surface area (Å²) in [6.45, 7) is 3.32. The Hall–Kier alpha value is -0.990. The third kappa shape index (κ3) is 4.36. The van der Waals surface area contributed by atoms with Gasteiger partial charge >= 0.3 is 0 Å². The molecule has 3 heteroatoms. The number of hydrogen-bond donors (Lipinski definition) is 1. The van der Waals surface area contributed by atoms with Gasteiger partial charge in [0, 0.05) is 12.1 Å². The molecule has 0 amide bonds. The Bertz CT molecular complexity index is 336. The van der Waals surface area contributed by atoms with Gasteiger partial charge < -0.3 is 10.1 Å². The number of halogens is 1. The predicted molar refractivity (Wildman–Crippen MR) is 64.3 cm³/mol. The van der Waals surface area contributed by atoms with E-state index in [-0.39, 0.29) is 0 Å². The lowest BCUT2D eigenvalue weighted by atomic mass is 10.2. The van der Waals surface area contributed by atoms with Crippen molar-refractivity contribution < 1.29 is 4.74 Å². The van der Waals surface area contributed by atoms with Crippen LogP contribution in [0.15, 0.2) is 35.4 Å². The molecule has 0 aliphatic heterocycles. The number of rotatable bonds is 5. The monoisotopic (exact) mass is 225 g/mol. The van der Waals surface area contributed by atoms with Crippen molar-refractivity contribution in [3.63, 3.8) is 0 Å². The second kappa shape index (κ2) is 6.49. The van der Waals surface area contributed by atoms with Crippen LogP contribution < -0.4 is 10.1 Å². The molecule has 1 rings (SSSR count). The number of hydrogen-bond acceptors (Lipinski definition) is 2. The van der Waals surface area contributed by atoms with Crippen molar-refractivity contribution in [2.45, 2.75) is 13.5 Å². The van der Waals surface area contributed by atoms with Gasteiger partial charge in [0.1, 0.15) is 12.4 Å². The fourth-order valence-electron chi connectivity index (χ4n) is 1.18. The van der Waals surface area contributed by atoms with E-state index < -0.39 is 0 Å². The second-order valence-electron chi connectivity index (χ2n) is 3.42. The van der Waals surface area contributed by atoms with E-state index in [1.165, 1.54) is 11.1 Å². The molecule has 0 radical (unpaired) electrons. The van der Waals surface area contributed by atoms with Gasteiger partial charge in [0.2, 0.25) is 0 Å². The van der Waals surface area contributed by atoms with Gasteiger partial charge in [-0.1, -0.05) is 23.7 Å². The highest BCUT2D eigenvalue weighted by molar-refractivity contribution is 6.25. The Morgan fingerprint density at radius 2 is 2.33 bits per heavy atom. The van der Waals surface area contributed by atoms with E-state index in [0.29, 0.717) is 6.61 Å². The average Bonchev–Trinajstić information content (AvgIpc) is 2.27. The lowest BCUT2D eigenvalue weighted by Crippen LogP contribution is -2.05. The maximum absolute atomic E-state index is 5.57. The minimum atomic E-state index is 0.534. The van der Waals surface area contributed by atoms with E-state index in [1.54, 1.807) is 0 Å². The topological polar surface area (TPSA) is 21.3 Å². The van der Waals surface area contributed by atoms with E-state index in [1.807, 2.05) is 32.2 Å². The Labute approximate surface area is 95.9 Å². The number of benzene rings is 1. The van der Waals surface area contributed by atoms with Crippen molar-refractivity contribution in [3.05, 3.63) is 40.9 Å². The van der Waals surface area contributed by atoms with Crippen LogP contribution in [0, 0.1) is 0 Å². The molecule has 0 heterocycles. The molecule has 0 aliphatic rings. The lowest BCUT2D eigenvalue weighted by Gasteiger charge is -2.07. The molecule has 15 heavy (non-hydrogen) atoms. The van der Waals surface area contributed by atoms with E-state index >= 15 is 0 Å². The first-order valence-electron chi connectivity index (χ1n) is 4.88. The van der Waals surface area contributed by atoms with Gasteiger partial charge in [0.05, 0.1) is 0 Å². The van der Waals surface area contributed by atoms with Crippen molar-refractivity contribution in [1.29, 1.82) is 0 Å². The van der Waals surface area contributed by atoms with Crippen LogP contribution >= 0.6 is 11.6 Å². The number of ether oxygens (including phenoxy) is 1. The largest absolute Gasteiger partial charge is 0.489 e. The van der Waals surface area contributed by atoms with Gasteiger partial charge in [-0.2, -0.15) is 0 Å². The molecule has 1 aromatic carbocycles. The minimum Gasteiger partial charge on any atom is -0.489 e. The zero-order valence-electron chi connectivity index (χ0n) is 9.09. The van der Waals surface area contributed by atoms with Crippen molar-refractivity contribution in [2.24, 2.45) is 0 Å². The first-order chi connectivity index (χ1) is 7.26. The van der Waals surface area contributed by atoms with Crippen LogP contribution in [0.1, 0.15) is 12.5 Å². The SMILES string of the molecule is CNCc1cccc(OC/C(C)=C/Cl)c1. The zero-order chi connectivity index (χ0) is 11.1. The van der Waals surface area contributed by atoms with Crippen molar-refractivity contribution in [3.8, 4) is 5.75 Å². The molecule has 0 aliphatic carbocycles. The van der Waals surface area contributed by atoms with Gasteiger partial charge in [0.25, 0.3) is 0 Å². The Kier molecular flexibility index (Phi) is 5.22. The molecule has 0 fully saturated rings. The fourth-order valence-corrected chi connectivity index (χ4v) is 1.24. The molecular formula is C12H16ClNO. The van der Waals surface area contributed by atoms with Crippen LogP contribution in [0.25, 0.3) is 0 Å². The van der Waals surface area contributed by atoms with Crippen LogP contribution in [-0.4, -0.2) is 13.7 Å². The summed E-state index contributed by atoms with van der Waals surface area (Å²) < 4.78 is 5.57. The van der Waals surface area contributed by atoms with Crippen LogP contribution in [0.5, 0.6) is 5.75 Å². The molecule has 0 saturated carbocycles. The normalized spacial score (nSPS) is 11.5. The molecule has 0 saturated heterocycles. The summed E-state index contributed by atoms with van der Waals surface area (Å²) in [4.78, 5) is 0. The lowest BCUT2D eigenvalue weighted by molar-refractivity contribution is 0.352. The molecule has 0 spiro atoms. The molecule has 2 nitrogen and oxygen atoms in total. The zero-order valence-corrected chi connectivity index (χ0v) is 9.84. The van der Waals surface area contributed by atoms with Gasteiger partial charge in [-0.05, 0) is 37.2 Å². The standard InChI is InChI=1S/C12H16ClNO/c1-10(7-13)9-15-12-5-3-4-11(6-12)8-14-2/h3-7,14H,8-9H2,1-2H3/b10-7+. The van der Waals surface area contributed by atoms with E-state index in [0.717, 1.165) is 17.9 Å². The highest BCUT2D eigenvalue weighted by atomic mass is 35.5. The summed E-state index contributed by atoms with van der Waals surface area (Å²) in [5, 5.41) is 3.10. The summed E-state index contributed by atoms with van der Waals surface area (Å²) >= 11 is 5.55. The smallest absolute Gasteiger partial charge is 0.120 e. The van der Waals surface area contributed by atoms with Crippen LogP contribution in [0.3, 0.4) is 0 Å². The summed E-state index contributed by atoms with van der Waals surface area (Å²) in [5.74, 6) is 0.876. The minimum absolute atomic E-state index is 0.534. The van der Waals surface area contributed by atoms with Gasteiger partial charge in [-0.25, -0.2) is 0 Å². The predicted octanol–water partition coefficient (Wildman–Crippen LogP) is 2.93. The van der Waals surface area contributed by atoms with Gasteiger partial charge in [-0.15, -0.1) is 0 Å². The highest BCUT2D eigenvalue weighted by Crippen LogP contribution is 2.14. The third-order valence-corrected chi connectivity index (χ3v) is 2.30. The quantitative estimate of drug-likeness (QED) is 0.832. The van der Waals surface area contributed by atoms with E-state index in [4.69, 9.17) is 16.3 Å². The Balaban J connectivity index is 2.57. The third-order valence-electron chi connectivity index (χ3n) is 1.93. The van der Waals surface area contributed by atoms with Crippen LogP contribution in [0.4, 0.5) is 0 Å². The fraction of sp³-hybridized carbons (Fsp3) is 0.333. The maximum atomic E-state index is 5.57. The van der Waals surface area contributed by atoms with E-state index in [9.17, 15) is 0 Å². The molecule has 0 unspecified atom stereocenters. The molecular weight excluding hydrogens is 210 g/mol. The molecule has 1 N–H and O–H groups in total. The first kappa shape index (κ1) is 12.1. The molecule has 0 bridgehead atoms. The van der Waals surface area contributed by atoms with E-state index in [2.05, 4.69) is 11.4 Å². The van der Waals surface area contributed by atoms with Gasteiger partial charge in [0.15, 0.2) is 0 Å². The average molecular weight is 226 g/mol. The Morgan fingerprint density at radius 3 is 3.00 bits per heavy atom. The van der Waals surface area contributed by atoms with Crippen LogP contribution in [-0.2, 0) is 6.54 Å². The molecule has 0 atom stereocenters.